The van der Waals surface area contributed by atoms with Gasteiger partial charge in [-0.15, -0.1) is 0 Å². The molecule has 1 N–H and O–H groups in total. The van der Waals surface area contributed by atoms with Crippen molar-refractivity contribution in [3.63, 3.8) is 0 Å². The van der Waals surface area contributed by atoms with Crippen LogP contribution >= 0.6 is 0 Å². The topological polar surface area (TPSA) is 81.4 Å². The summed E-state index contributed by atoms with van der Waals surface area (Å²) in [5.41, 5.74) is 4.42. The molecule has 0 aliphatic rings. The number of benzene rings is 4. The van der Waals surface area contributed by atoms with Crippen molar-refractivity contribution in [2.75, 3.05) is 19.0 Å². The molecule has 0 saturated heterocycles. The van der Waals surface area contributed by atoms with Crippen LogP contribution in [0.1, 0.15) is 86.1 Å². The van der Waals surface area contributed by atoms with Crippen LogP contribution in [-0.4, -0.2) is 27.6 Å². The Labute approximate surface area is 257 Å². The summed E-state index contributed by atoms with van der Waals surface area (Å²) in [4.78, 5) is 2.23. The maximum atomic E-state index is 14.8. The Kier molecular flexibility index (Phi) is 8.81. The van der Waals surface area contributed by atoms with Crippen molar-refractivity contribution in [2.45, 2.75) is 68.4 Å². The molecular weight excluding hydrogens is 552 g/mol. The molecule has 6 heteroatoms. The third-order valence-electron chi connectivity index (χ3n) is 7.95. The van der Waals surface area contributed by atoms with E-state index in [0.717, 1.165) is 27.9 Å². The zero-order valence-electron chi connectivity index (χ0n) is 26.4. The Bertz CT molecular complexity index is 1690. The Hall–Kier alpha value is -4.08. The summed E-state index contributed by atoms with van der Waals surface area (Å²) >= 11 is 0. The van der Waals surface area contributed by atoms with Gasteiger partial charge in [0, 0.05) is 25.7 Å². The van der Waals surface area contributed by atoms with Crippen molar-refractivity contribution < 1.29 is 13.5 Å². The third-order valence-corrected chi connectivity index (χ3v) is 10.1. The summed E-state index contributed by atoms with van der Waals surface area (Å²) in [6, 6.07) is 29.5. The molecule has 224 valence electrons. The first kappa shape index (κ1) is 31.8. The van der Waals surface area contributed by atoms with Gasteiger partial charge in [-0.1, -0.05) is 96.1 Å². The lowest BCUT2D eigenvalue weighted by Crippen LogP contribution is -2.24. The number of phenolic OH excluding ortho intramolecular Hbond substituents is 1. The molecule has 43 heavy (non-hydrogen) atoms. The lowest BCUT2D eigenvalue weighted by atomic mass is 9.75. The molecule has 0 bridgehead atoms. The van der Waals surface area contributed by atoms with Gasteiger partial charge < -0.3 is 10.0 Å². The van der Waals surface area contributed by atoms with Crippen LogP contribution in [-0.2, 0) is 20.7 Å². The van der Waals surface area contributed by atoms with Gasteiger partial charge in [-0.2, -0.15) is 5.26 Å². The normalized spacial score (nSPS) is 13.7. The number of nitrogens with zero attached hydrogens (tertiary/aromatic N) is 2. The number of rotatable bonds is 7. The number of phenols is 1. The molecule has 0 radical (unpaired) electrons. The summed E-state index contributed by atoms with van der Waals surface area (Å²) in [5, 5.41) is 20.0. The van der Waals surface area contributed by atoms with Gasteiger partial charge in [0.15, 0.2) is 9.84 Å². The largest absolute Gasteiger partial charge is 0.507 e. The molecule has 4 rings (SSSR count). The molecule has 4 aromatic carbocycles. The quantitative estimate of drug-likeness (QED) is 0.233. The van der Waals surface area contributed by atoms with Crippen LogP contribution in [0.4, 0.5) is 5.69 Å². The standard InChI is InChI=1S/C37H42N2O3S/c1-36(2,3)31-22-28(23-32(34(31)40)37(4,5)6)33(26-18-20-29(21-19-26)39(7)8)35(27-16-14-25(24-38)15-17-27)43(41,42)30-12-10-9-11-13-30/h9-23,33,35,40H,1-8H3. The average molecular weight is 595 g/mol. The van der Waals surface area contributed by atoms with Gasteiger partial charge in [-0.3, -0.25) is 0 Å². The molecule has 0 amide bonds. The molecule has 2 unspecified atom stereocenters. The summed E-state index contributed by atoms with van der Waals surface area (Å²) in [6.07, 6.45) is 0. The molecule has 4 aromatic rings. The zero-order valence-corrected chi connectivity index (χ0v) is 27.2. The number of nitriles is 1. The Balaban J connectivity index is 2.14. The molecule has 0 saturated carbocycles. The van der Waals surface area contributed by atoms with Gasteiger partial charge in [-0.05, 0) is 75.0 Å². The number of hydrogen-bond donors (Lipinski definition) is 1. The smallest absolute Gasteiger partial charge is 0.186 e. The van der Waals surface area contributed by atoms with E-state index in [1.165, 1.54) is 0 Å². The van der Waals surface area contributed by atoms with Crippen LogP contribution in [0.15, 0.2) is 95.9 Å². The number of sulfone groups is 1. The maximum absolute atomic E-state index is 14.8. The first-order chi connectivity index (χ1) is 20.1. The van der Waals surface area contributed by atoms with E-state index in [0.29, 0.717) is 11.1 Å². The van der Waals surface area contributed by atoms with Crippen molar-refractivity contribution in [1.82, 2.24) is 0 Å². The third kappa shape index (κ3) is 6.63. The summed E-state index contributed by atoms with van der Waals surface area (Å²) in [5.74, 6) is -0.386. The second-order valence-corrected chi connectivity index (χ2v) is 15.5. The molecule has 0 heterocycles. The van der Waals surface area contributed by atoms with Gasteiger partial charge in [0.1, 0.15) is 11.0 Å². The monoisotopic (exact) mass is 594 g/mol. The highest BCUT2D eigenvalue weighted by atomic mass is 32.2. The zero-order chi connectivity index (χ0) is 31.7. The van der Waals surface area contributed by atoms with E-state index >= 15 is 0 Å². The SMILES string of the molecule is CN(C)c1ccc(C(c2cc(C(C)(C)C)c(O)c(C(C)(C)C)c2)C(c2ccc(C#N)cc2)S(=O)(=O)c2ccccc2)cc1. The minimum Gasteiger partial charge on any atom is -0.507 e. The molecule has 0 aromatic heterocycles. The number of aromatic hydroxyl groups is 1. The van der Waals surface area contributed by atoms with Crippen molar-refractivity contribution in [3.05, 3.63) is 124 Å². The first-order valence-electron chi connectivity index (χ1n) is 14.5. The molecule has 5 nitrogen and oxygen atoms in total. The highest BCUT2D eigenvalue weighted by molar-refractivity contribution is 7.91. The van der Waals surface area contributed by atoms with Crippen molar-refractivity contribution >= 4 is 15.5 Å². The van der Waals surface area contributed by atoms with E-state index in [4.69, 9.17) is 0 Å². The first-order valence-corrected chi connectivity index (χ1v) is 16.0. The van der Waals surface area contributed by atoms with Crippen LogP contribution in [0, 0.1) is 11.3 Å². The molecule has 0 aliphatic carbocycles. The summed E-state index contributed by atoms with van der Waals surface area (Å²) < 4.78 is 29.5. The summed E-state index contributed by atoms with van der Waals surface area (Å²) in [6.45, 7) is 12.3. The minimum atomic E-state index is -3.96. The van der Waals surface area contributed by atoms with Gasteiger partial charge in [0.25, 0.3) is 0 Å². The second-order valence-electron chi connectivity index (χ2n) is 13.4. The fourth-order valence-corrected chi connectivity index (χ4v) is 7.57. The average Bonchev–Trinajstić information content (AvgIpc) is 2.95. The van der Waals surface area contributed by atoms with E-state index < -0.39 is 31.8 Å². The minimum absolute atomic E-state index is 0.227. The van der Waals surface area contributed by atoms with Crippen LogP contribution in [0.25, 0.3) is 0 Å². The van der Waals surface area contributed by atoms with Gasteiger partial charge in [0.05, 0.1) is 16.5 Å². The number of hydrogen-bond acceptors (Lipinski definition) is 5. The van der Waals surface area contributed by atoms with E-state index in [9.17, 15) is 18.8 Å². The number of anilines is 1. The second kappa shape index (κ2) is 11.9. The van der Waals surface area contributed by atoms with Crippen molar-refractivity contribution in [3.8, 4) is 11.8 Å². The van der Waals surface area contributed by atoms with Crippen LogP contribution in [0.2, 0.25) is 0 Å². The van der Waals surface area contributed by atoms with Crippen LogP contribution < -0.4 is 4.90 Å². The predicted molar refractivity (Wildman–Crippen MR) is 176 cm³/mol. The Morgan fingerprint density at radius 1 is 0.721 bits per heavy atom. The van der Waals surface area contributed by atoms with Gasteiger partial charge in [0.2, 0.25) is 0 Å². The maximum Gasteiger partial charge on any atom is 0.186 e. The molecule has 0 spiro atoms. The fraction of sp³-hybridized carbons (Fsp3) is 0.324. The lowest BCUT2D eigenvalue weighted by molar-refractivity contribution is 0.422. The van der Waals surface area contributed by atoms with E-state index in [1.807, 2.05) is 55.4 Å². The van der Waals surface area contributed by atoms with Gasteiger partial charge >= 0.3 is 0 Å². The molecule has 0 fully saturated rings. The molecule has 2 atom stereocenters. The van der Waals surface area contributed by atoms with E-state index in [-0.39, 0.29) is 10.6 Å². The van der Waals surface area contributed by atoms with Crippen LogP contribution in [0.5, 0.6) is 5.75 Å². The molecule has 0 aliphatic heterocycles. The lowest BCUT2D eigenvalue weighted by Gasteiger charge is -2.33. The highest BCUT2D eigenvalue weighted by Gasteiger charge is 2.40. The predicted octanol–water partition coefficient (Wildman–Crippen LogP) is 8.27. The van der Waals surface area contributed by atoms with Gasteiger partial charge in [-0.25, -0.2) is 8.42 Å². The van der Waals surface area contributed by atoms with E-state index in [1.54, 1.807) is 54.6 Å². The highest BCUT2D eigenvalue weighted by Crippen LogP contribution is 2.48. The Morgan fingerprint density at radius 2 is 1.21 bits per heavy atom. The van der Waals surface area contributed by atoms with Crippen molar-refractivity contribution in [2.24, 2.45) is 0 Å². The Morgan fingerprint density at radius 3 is 1.65 bits per heavy atom. The molecular formula is C37H42N2O3S. The van der Waals surface area contributed by atoms with E-state index in [2.05, 4.69) is 47.6 Å². The van der Waals surface area contributed by atoms with Crippen LogP contribution in [0.3, 0.4) is 0 Å². The van der Waals surface area contributed by atoms with Crippen molar-refractivity contribution in [1.29, 1.82) is 5.26 Å². The summed E-state index contributed by atoms with van der Waals surface area (Å²) in [7, 11) is -0.0196. The fourth-order valence-electron chi connectivity index (χ4n) is 5.56.